The highest BCUT2D eigenvalue weighted by Gasteiger charge is 2.10. The lowest BCUT2D eigenvalue weighted by Gasteiger charge is -2.13. The summed E-state index contributed by atoms with van der Waals surface area (Å²) in [5, 5.41) is 3.44. The Morgan fingerprint density at radius 3 is 2.82 bits per heavy atom. The monoisotopic (exact) mass is 337 g/mol. The highest BCUT2D eigenvalue weighted by molar-refractivity contribution is 9.10. The Morgan fingerprint density at radius 1 is 1.53 bits per heavy atom. The van der Waals surface area contributed by atoms with Gasteiger partial charge in [0.25, 0.3) is 5.91 Å². The van der Waals surface area contributed by atoms with E-state index in [1.807, 2.05) is 6.92 Å². The average Bonchev–Trinajstić information content (AvgIpc) is 2.30. The second kappa shape index (κ2) is 7.24. The van der Waals surface area contributed by atoms with Gasteiger partial charge in [-0.1, -0.05) is 11.6 Å². The first kappa shape index (κ1) is 14.8. The third-order valence-electron chi connectivity index (χ3n) is 2.33. The van der Waals surface area contributed by atoms with E-state index >= 15 is 0 Å². The van der Waals surface area contributed by atoms with Gasteiger partial charge in [0, 0.05) is 22.0 Å². The molecule has 1 amide bonds. The Morgan fingerprint density at radius 2 is 2.24 bits per heavy atom. The fourth-order valence-electron chi connectivity index (χ4n) is 1.40. The molecule has 0 aromatic heterocycles. The van der Waals surface area contributed by atoms with Crippen molar-refractivity contribution in [1.29, 1.82) is 0 Å². The molecule has 0 aliphatic heterocycles. The summed E-state index contributed by atoms with van der Waals surface area (Å²) >= 11 is 14.8. The number of carbonyl (C=O) groups excluding carboxylic acids is 1. The van der Waals surface area contributed by atoms with Gasteiger partial charge in [0.1, 0.15) is 0 Å². The Kier molecular flexibility index (Phi) is 6.31. The van der Waals surface area contributed by atoms with Gasteiger partial charge >= 0.3 is 0 Å². The molecule has 1 N–H and O–H groups in total. The van der Waals surface area contributed by atoms with Crippen LogP contribution >= 0.6 is 39.1 Å². The smallest absolute Gasteiger partial charge is 0.251 e. The first-order chi connectivity index (χ1) is 8.04. The highest BCUT2D eigenvalue weighted by Crippen LogP contribution is 2.23. The third kappa shape index (κ3) is 4.86. The molecule has 1 rings (SSSR count). The predicted octanol–water partition coefficient (Wildman–Crippen LogP) is 4.24. The van der Waals surface area contributed by atoms with Crippen molar-refractivity contribution in [2.75, 3.05) is 5.88 Å². The molecular formula is C12H14BrCl2NO. The number of benzene rings is 1. The highest BCUT2D eigenvalue weighted by atomic mass is 79.9. The molecule has 17 heavy (non-hydrogen) atoms. The zero-order chi connectivity index (χ0) is 12.8. The van der Waals surface area contributed by atoms with Crippen LogP contribution in [0.25, 0.3) is 0 Å². The number of alkyl halides is 1. The fraction of sp³-hybridized carbons (Fsp3) is 0.417. The molecule has 0 heterocycles. The van der Waals surface area contributed by atoms with Crippen molar-refractivity contribution in [1.82, 2.24) is 5.32 Å². The minimum atomic E-state index is -0.110. The van der Waals surface area contributed by atoms with E-state index < -0.39 is 0 Å². The fourth-order valence-corrected chi connectivity index (χ4v) is 1.98. The predicted molar refractivity (Wildman–Crippen MR) is 76.0 cm³/mol. The molecule has 0 aliphatic carbocycles. The number of hydrogen-bond donors (Lipinski definition) is 1. The number of nitrogens with one attached hydrogen (secondary N) is 1. The van der Waals surface area contributed by atoms with Crippen LogP contribution in [0.3, 0.4) is 0 Å². The van der Waals surface area contributed by atoms with E-state index in [1.54, 1.807) is 18.2 Å². The summed E-state index contributed by atoms with van der Waals surface area (Å²) in [7, 11) is 0. The number of hydrogen-bond acceptors (Lipinski definition) is 1. The van der Waals surface area contributed by atoms with Gasteiger partial charge in [-0.3, -0.25) is 4.79 Å². The summed E-state index contributed by atoms with van der Waals surface area (Å²) < 4.78 is 0.783. The second-order valence-corrected chi connectivity index (χ2v) is 5.47. The summed E-state index contributed by atoms with van der Waals surface area (Å²) in [4.78, 5) is 11.9. The van der Waals surface area contributed by atoms with E-state index in [0.29, 0.717) is 16.5 Å². The molecule has 1 unspecified atom stereocenters. The maximum absolute atomic E-state index is 11.9. The van der Waals surface area contributed by atoms with Gasteiger partial charge in [-0.25, -0.2) is 0 Å². The van der Waals surface area contributed by atoms with Crippen LogP contribution in [0.15, 0.2) is 22.7 Å². The van der Waals surface area contributed by atoms with Crippen molar-refractivity contribution in [3.05, 3.63) is 33.3 Å². The molecule has 0 saturated carbocycles. The van der Waals surface area contributed by atoms with Crippen molar-refractivity contribution in [3.8, 4) is 0 Å². The molecule has 0 aliphatic rings. The van der Waals surface area contributed by atoms with Crippen LogP contribution in [0.1, 0.15) is 30.1 Å². The first-order valence-corrected chi connectivity index (χ1v) is 7.07. The summed E-state index contributed by atoms with van der Waals surface area (Å²) in [5.41, 5.74) is 0.566. The van der Waals surface area contributed by atoms with Gasteiger partial charge in [0.2, 0.25) is 0 Å². The minimum absolute atomic E-state index is 0.110. The van der Waals surface area contributed by atoms with E-state index in [2.05, 4.69) is 21.2 Å². The van der Waals surface area contributed by atoms with E-state index in [0.717, 1.165) is 17.3 Å². The van der Waals surface area contributed by atoms with Gasteiger partial charge in [-0.05, 0) is 53.9 Å². The van der Waals surface area contributed by atoms with Crippen molar-refractivity contribution in [2.24, 2.45) is 0 Å². The summed E-state index contributed by atoms with van der Waals surface area (Å²) in [6.07, 6.45) is 1.77. The van der Waals surface area contributed by atoms with Crippen molar-refractivity contribution in [3.63, 3.8) is 0 Å². The standard InChI is InChI=1S/C12H14BrCl2NO/c1-8(3-2-6-14)16-12(17)9-4-5-10(13)11(15)7-9/h4-5,7-8H,2-3,6H2,1H3,(H,16,17). The maximum atomic E-state index is 11.9. The first-order valence-electron chi connectivity index (χ1n) is 5.36. The SMILES string of the molecule is CC(CCCCl)NC(=O)c1ccc(Br)c(Cl)c1. The summed E-state index contributed by atoms with van der Waals surface area (Å²) in [5.74, 6) is 0.506. The molecule has 1 aromatic carbocycles. The number of rotatable bonds is 5. The topological polar surface area (TPSA) is 29.1 Å². The Hall–Kier alpha value is -0.250. The third-order valence-corrected chi connectivity index (χ3v) is 3.83. The largest absolute Gasteiger partial charge is 0.350 e. The van der Waals surface area contributed by atoms with Crippen molar-refractivity contribution >= 4 is 45.0 Å². The second-order valence-electron chi connectivity index (χ2n) is 3.83. The van der Waals surface area contributed by atoms with Crippen molar-refractivity contribution in [2.45, 2.75) is 25.8 Å². The van der Waals surface area contributed by atoms with Gasteiger partial charge < -0.3 is 5.32 Å². The summed E-state index contributed by atoms with van der Waals surface area (Å²) in [6, 6.07) is 5.26. The zero-order valence-corrected chi connectivity index (χ0v) is 12.6. The number of amides is 1. The van der Waals surface area contributed by atoms with Gasteiger partial charge in [-0.2, -0.15) is 0 Å². The lowest BCUT2D eigenvalue weighted by molar-refractivity contribution is 0.0938. The average molecular weight is 339 g/mol. The van der Waals surface area contributed by atoms with Crippen molar-refractivity contribution < 1.29 is 4.79 Å². The van der Waals surface area contributed by atoms with Crippen LogP contribution in [0.4, 0.5) is 0 Å². The molecule has 0 radical (unpaired) electrons. The van der Waals surface area contributed by atoms with E-state index in [9.17, 15) is 4.79 Å². The number of halogens is 3. The Bertz CT molecular complexity index is 398. The molecular weight excluding hydrogens is 325 g/mol. The lowest BCUT2D eigenvalue weighted by atomic mass is 10.1. The van der Waals surface area contributed by atoms with Crippen LogP contribution in [0.5, 0.6) is 0 Å². The Balaban J connectivity index is 2.60. The quantitative estimate of drug-likeness (QED) is 0.799. The molecule has 1 atom stereocenters. The molecule has 0 bridgehead atoms. The summed E-state index contributed by atoms with van der Waals surface area (Å²) in [6.45, 7) is 1.96. The zero-order valence-electron chi connectivity index (χ0n) is 9.47. The minimum Gasteiger partial charge on any atom is -0.350 e. The molecule has 0 saturated heterocycles. The Labute approximate surface area is 120 Å². The van der Waals surface area contributed by atoms with Gasteiger partial charge in [0.15, 0.2) is 0 Å². The molecule has 0 fully saturated rings. The van der Waals surface area contributed by atoms with E-state index in [1.165, 1.54) is 0 Å². The molecule has 1 aromatic rings. The van der Waals surface area contributed by atoms with Crippen LogP contribution in [-0.2, 0) is 0 Å². The van der Waals surface area contributed by atoms with Crippen LogP contribution < -0.4 is 5.32 Å². The van der Waals surface area contributed by atoms with Crippen LogP contribution in [0.2, 0.25) is 5.02 Å². The van der Waals surface area contributed by atoms with Crippen LogP contribution in [0, 0.1) is 0 Å². The number of carbonyl (C=O) groups is 1. The van der Waals surface area contributed by atoms with E-state index in [-0.39, 0.29) is 11.9 Å². The molecule has 94 valence electrons. The van der Waals surface area contributed by atoms with E-state index in [4.69, 9.17) is 23.2 Å². The normalized spacial score (nSPS) is 12.2. The maximum Gasteiger partial charge on any atom is 0.251 e. The molecule has 0 spiro atoms. The van der Waals surface area contributed by atoms with Gasteiger partial charge in [0.05, 0.1) is 5.02 Å². The van der Waals surface area contributed by atoms with Crippen LogP contribution in [-0.4, -0.2) is 17.8 Å². The molecule has 5 heteroatoms. The lowest BCUT2D eigenvalue weighted by Crippen LogP contribution is -2.32. The molecule has 2 nitrogen and oxygen atoms in total. The van der Waals surface area contributed by atoms with Gasteiger partial charge in [-0.15, -0.1) is 11.6 Å².